The van der Waals surface area contributed by atoms with Crippen molar-refractivity contribution in [1.29, 1.82) is 0 Å². The van der Waals surface area contributed by atoms with Crippen LogP contribution >= 0.6 is 0 Å². The van der Waals surface area contributed by atoms with Crippen LogP contribution in [0.25, 0.3) is 0 Å². The highest BCUT2D eigenvalue weighted by atomic mass is 16.5. The van der Waals surface area contributed by atoms with Gasteiger partial charge in [0.1, 0.15) is 17.1 Å². The summed E-state index contributed by atoms with van der Waals surface area (Å²) in [5.41, 5.74) is 0.619. The van der Waals surface area contributed by atoms with Gasteiger partial charge in [-0.25, -0.2) is 9.78 Å². The van der Waals surface area contributed by atoms with Crippen molar-refractivity contribution in [1.82, 2.24) is 4.98 Å². The number of aromatic carboxylic acids is 1. The van der Waals surface area contributed by atoms with Crippen molar-refractivity contribution in [2.24, 2.45) is 5.92 Å². The number of hydrogen-bond acceptors (Lipinski definition) is 7. The molecule has 0 bridgehead atoms. The third-order valence-electron chi connectivity index (χ3n) is 5.05. The van der Waals surface area contributed by atoms with E-state index in [1.807, 2.05) is 0 Å². The SMILES string of the molecule is CCOC(=O)C1CCCN(c2ncc(NC(=O)c3ccc(OC)cc3)cc2C(=O)O)C1. The van der Waals surface area contributed by atoms with Crippen LogP contribution in [0.4, 0.5) is 11.5 Å². The Hall–Kier alpha value is -3.62. The van der Waals surface area contributed by atoms with E-state index in [9.17, 15) is 19.5 Å². The lowest BCUT2D eigenvalue weighted by atomic mass is 9.98. The zero-order valence-electron chi connectivity index (χ0n) is 17.5. The molecule has 9 nitrogen and oxygen atoms in total. The van der Waals surface area contributed by atoms with Crippen molar-refractivity contribution in [2.45, 2.75) is 19.8 Å². The molecule has 0 spiro atoms. The van der Waals surface area contributed by atoms with E-state index in [-0.39, 0.29) is 29.0 Å². The zero-order valence-corrected chi connectivity index (χ0v) is 17.5. The van der Waals surface area contributed by atoms with Crippen molar-refractivity contribution in [3.05, 3.63) is 47.7 Å². The summed E-state index contributed by atoms with van der Waals surface area (Å²) in [6, 6.07) is 7.92. The van der Waals surface area contributed by atoms with E-state index in [4.69, 9.17) is 9.47 Å². The molecule has 2 N–H and O–H groups in total. The third kappa shape index (κ3) is 5.30. The second kappa shape index (κ2) is 9.92. The number of aromatic nitrogens is 1. The zero-order chi connectivity index (χ0) is 22.4. The summed E-state index contributed by atoms with van der Waals surface area (Å²) in [6.07, 6.45) is 2.82. The van der Waals surface area contributed by atoms with Gasteiger partial charge in [-0.05, 0) is 50.1 Å². The molecule has 2 heterocycles. The minimum absolute atomic E-state index is 0.0444. The van der Waals surface area contributed by atoms with E-state index in [0.29, 0.717) is 37.4 Å². The first-order valence-electron chi connectivity index (χ1n) is 10.0. The number of amides is 1. The van der Waals surface area contributed by atoms with Gasteiger partial charge in [0.05, 0.1) is 31.5 Å². The maximum absolute atomic E-state index is 12.5. The normalized spacial score (nSPS) is 15.8. The molecule has 0 radical (unpaired) electrons. The molecule has 3 rings (SSSR count). The highest BCUT2D eigenvalue weighted by Gasteiger charge is 2.29. The first-order valence-corrected chi connectivity index (χ1v) is 10.0. The first kappa shape index (κ1) is 22.1. The molecule has 1 aliphatic rings. The fourth-order valence-corrected chi connectivity index (χ4v) is 3.50. The van der Waals surface area contributed by atoms with Crippen LogP contribution in [-0.4, -0.2) is 54.7 Å². The van der Waals surface area contributed by atoms with E-state index in [2.05, 4.69) is 10.3 Å². The molecule has 0 aliphatic carbocycles. The lowest BCUT2D eigenvalue weighted by Crippen LogP contribution is -2.40. The van der Waals surface area contributed by atoms with Gasteiger partial charge in [-0.3, -0.25) is 9.59 Å². The van der Waals surface area contributed by atoms with Gasteiger partial charge >= 0.3 is 11.9 Å². The number of methoxy groups -OCH3 is 1. The van der Waals surface area contributed by atoms with Crippen molar-refractivity contribution in [3.63, 3.8) is 0 Å². The Morgan fingerprint density at radius 3 is 2.65 bits per heavy atom. The van der Waals surface area contributed by atoms with Gasteiger partial charge in [-0.2, -0.15) is 0 Å². The van der Waals surface area contributed by atoms with Gasteiger partial charge in [-0.1, -0.05) is 0 Å². The summed E-state index contributed by atoms with van der Waals surface area (Å²) < 4.78 is 10.2. The van der Waals surface area contributed by atoms with E-state index in [1.54, 1.807) is 36.1 Å². The lowest BCUT2D eigenvalue weighted by molar-refractivity contribution is -0.148. The number of benzene rings is 1. The fraction of sp³-hybridized carbons (Fsp3) is 0.364. The number of esters is 1. The van der Waals surface area contributed by atoms with Crippen LogP contribution in [-0.2, 0) is 9.53 Å². The lowest BCUT2D eigenvalue weighted by Gasteiger charge is -2.33. The van der Waals surface area contributed by atoms with Crippen molar-refractivity contribution in [3.8, 4) is 5.75 Å². The molecule has 1 unspecified atom stereocenters. The Balaban J connectivity index is 1.78. The van der Waals surface area contributed by atoms with Crippen molar-refractivity contribution in [2.75, 3.05) is 37.0 Å². The Labute approximate surface area is 180 Å². The number of ether oxygens (including phenoxy) is 2. The maximum Gasteiger partial charge on any atom is 0.339 e. The summed E-state index contributed by atoms with van der Waals surface area (Å²) in [6.45, 7) is 2.97. The number of pyridine rings is 1. The van der Waals surface area contributed by atoms with Gasteiger partial charge in [0.2, 0.25) is 0 Å². The quantitative estimate of drug-likeness (QED) is 0.648. The number of rotatable bonds is 7. The van der Waals surface area contributed by atoms with Crippen LogP contribution in [0.1, 0.15) is 40.5 Å². The fourth-order valence-electron chi connectivity index (χ4n) is 3.50. The summed E-state index contributed by atoms with van der Waals surface area (Å²) in [5.74, 6) is -1.28. The molecule has 1 fully saturated rings. The number of anilines is 2. The smallest absolute Gasteiger partial charge is 0.339 e. The summed E-state index contributed by atoms with van der Waals surface area (Å²) in [7, 11) is 1.53. The number of carboxylic acid groups (broad SMARTS) is 1. The number of hydrogen-bond donors (Lipinski definition) is 2. The van der Waals surface area contributed by atoms with Gasteiger partial charge in [0, 0.05) is 18.7 Å². The largest absolute Gasteiger partial charge is 0.497 e. The average Bonchev–Trinajstić information content (AvgIpc) is 2.79. The van der Waals surface area contributed by atoms with E-state index in [0.717, 1.165) is 6.42 Å². The van der Waals surface area contributed by atoms with E-state index >= 15 is 0 Å². The Kier molecular flexibility index (Phi) is 7.07. The minimum atomic E-state index is -1.17. The number of carbonyl (C=O) groups excluding carboxylic acids is 2. The van der Waals surface area contributed by atoms with E-state index in [1.165, 1.54) is 19.4 Å². The maximum atomic E-state index is 12.5. The second-order valence-corrected chi connectivity index (χ2v) is 7.12. The van der Waals surface area contributed by atoms with Crippen LogP contribution < -0.4 is 15.0 Å². The van der Waals surface area contributed by atoms with Crippen LogP contribution in [0.5, 0.6) is 5.75 Å². The molecule has 1 amide bonds. The predicted octanol–water partition coefficient (Wildman–Crippen LogP) is 2.82. The van der Waals surface area contributed by atoms with Gasteiger partial charge in [0.15, 0.2) is 0 Å². The average molecular weight is 427 g/mol. The molecule has 31 heavy (non-hydrogen) atoms. The van der Waals surface area contributed by atoms with Crippen LogP contribution in [0.15, 0.2) is 36.5 Å². The molecule has 2 aromatic rings. The van der Waals surface area contributed by atoms with Crippen molar-refractivity contribution >= 4 is 29.4 Å². The van der Waals surface area contributed by atoms with Gasteiger partial charge in [0.25, 0.3) is 5.91 Å². The summed E-state index contributed by atoms with van der Waals surface area (Å²) in [5, 5.41) is 12.4. The highest BCUT2D eigenvalue weighted by Crippen LogP contribution is 2.27. The van der Waals surface area contributed by atoms with Crippen LogP contribution in [0, 0.1) is 5.92 Å². The molecular weight excluding hydrogens is 402 g/mol. The number of carbonyl (C=O) groups is 3. The number of nitrogens with zero attached hydrogens (tertiary/aromatic N) is 2. The van der Waals surface area contributed by atoms with Gasteiger partial charge < -0.3 is 24.8 Å². The van der Waals surface area contributed by atoms with Crippen molar-refractivity contribution < 1.29 is 29.0 Å². The summed E-state index contributed by atoms with van der Waals surface area (Å²) >= 11 is 0. The second-order valence-electron chi connectivity index (χ2n) is 7.12. The Morgan fingerprint density at radius 1 is 1.26 bits per heavy atom. The molecule has 9 heteroatoms. The number of piperidine rings is 1. The Morgan fingerprint density at radius 2 is 2.00 bits per heavy atom. The predicted molar refractivity (Wildman–Crippen MR) is 114 cm³/mol. The first-order chi connectivity index (χ1) is 14.9. The van der Waals surface area contributed by atoms with Crippen LogP contribution in [0.3, 0.4) is 0 Å². The summed E-state index contributed by atoms with van der Waals surface area (Å²) in [4.78, 5) is 42.5. The number of nitrogens with one attached hydrogen (secondary N) is 1. The monoisotopic (exact) mass is 427 g/mol. The Bertz CT molecular complexity index is 960. The molecular formula is C22H25N3O6. The molecule has 1 aliphatic heterocycles. The molecule has 164 valence electrons. The van der Waals surface area contributed by atoms with Gasteiger partial charge in [-0.15, -0.1) is 0 Å². The number of carboxylic acids is 1. The standard InChI is InChI=1S/C22H25N3O6/c1-3-31-22(29)15-5-4-10-25(13-15)19-18(21(27)28)11-16(12-23-19)24-20(26)14-6-8-17(30-2)9-7-14/h6-9,11-12,15H,3-5,10,13H2,1-2H3,(H,24,26)(H,27,28). The van der Waals surface area contributed by atoms with E-state index < -0.39 is 11.9 Å². The minimum Gasteiger partial charge on any atom is -0.497 e. The molecule has 1 saturated heterocycles. The third-order valence-corrected chi connectivity index (χ3v) is 5.05. The molecule has 1 aromatic heterocycles. The molecule has 1 atom stereocenters. The highest BCUT2D eigenvalue weighted by molar-refractivity contribution is 6.05. The van der Waals surface area contributed by atoms with Crippen LogP contribution in [0.2, 0.25) is 0 Å². The molecule has 0 saturated carbocycles. The molecule has 1 aromatic carbocycles. The topological polar surface area (TPSA) is 118 Å².